The van der Waals surface area contributed by atoms with E-state index in [9.17, 15) is 13.5 Å². The van der Waals surface area contributed by atoms with E-state index in [0.717, 1.165) is 38.5 Å². The summed E-state index contributed by atoms with van der Waals surface area (Å²) in [7, 11) is -3.61. The zero-order valence-electron chi connectivity index (χ0n) is 24.6. The Balaban J connectivity index is 1.18. The third-order valence-corrected chi connectivity index (χ3v) is 10.2. The van der Waals surface area contributed by atoms with Crippen LogP contribution in [0.4, 0.5) is 0 Å². The molecule has 4 atom stereocenters. The molecule has 1 fully saturated rings. The number of rotatable bonds is 11. The lowest BCUT2D eigenvalue weighted by molar-refractivity contribution is -0.268. The molecular weight excluding hydrogens is 609 g/mol. The highest BCUT2D eigenvalue weighted by atomic mass is 32.2. The van der Waals surface area contributed by atoms with Crippen LogP contribution in [0, 0.1) is 5.92 Å². The molecule has 0 radical (unpaired) electrons. The summed E-state index contributed by atoms with van der Waals surface area (Å²) in [6.45, 7) is 2.30. The van der Waals surface area contributed by atoms with Crippen molar-refractivity contribution in [2.45, 2.75) is 48.6 Å². The number of hydrogen-bond acceptors (Lipinski definition) is 8. The first-order valence-corrected chi connectivity index (χ1v) is 17.1. The number of ether oxygens (including phenoxy) is 2. The Bertz CT molecular complexity index is 1790. The normalized spacial score (nSPS) is 20.2. The largest absolute Gasteiger partial charge is 0.392 e. The Hall–Kier alpha value is -3.84. The first kappa shape index (κ1) is 31.2. The number of sulfonamides is 1. The summed E-state index contributed by atoms with van der Waals surface area (Å²) in [4.78, 5) is 4.47. The fourth-order valence-corrected chi connectivity index (χ4v) is 7.27. The van der Waals surface area contributed by atoms with Crippen molar-refractivity contribution in [2.24, 2.45) is 5.92 Å². The number of thioether (sulfide) groups is 1. The van der Waals surface area contributed by atoms with E-state index < -0.39 is 16.3 Å². The smallest absolute Gasteiger partial charge is 0.240 e. The van der Waals surface area contributed by atoms with Crippen LogP contribution in [0.15, 0.2) is 120 Å². The summed E-state index contributed by atoms with van der Waals surface area (Å²) in [5.74, 6) is 0.721. The number of H-pyrrole nitrogens is 1. The third-order valence-electron chi connectivity index (χ3n) is 7.86. The Kier molecular flexibility index (Phi) is 9.74. The van der Waals surface area contributed by atoms with Gasteiger partial charge in [-0.15, -0.1) is 0 Å². The molecule has 0 spiro atoms. The molecule has 9 nitrogen and oxygen atoms in total. The van der Waals surface area contributed by atoms with Crippen molar-refractivity contribution in [1.29, 1.82) is 0 Å². The van der Waals surface area contributed by atoms with Crippen molar-refractivity contribution in [3.05, 3.63) is 132 Å². The van der Waals surface area contributed by atoms with E-state index in [0.29, 0.717) is 5.75 Å². The van der Waals surface area contributed by atoms with Crippen LogP contribution in [-0.2, 0) is 32.6 Å². The van der Waals surface area contributed by atoms with Gasteiger partial charge < -0.3 is 14.6 Å². The maximum atomic E-state index is 12.7. The van der Waals surface area contributed by atoms with Crippen LogP contribution in [0.5, 0.6) is 0 Å². The molecule has 0 amide bonds. The second-order valence-corrected chi connectivity index (χ2v) is 13.7. The standard InChI is InChI=1S/C34H34N4O5S2/c1-23-31(21-44-34-35-22-36-38-34)42-33(43-32(23)27-12-10-24(20-39)11-13-27)28-16-14-26(15-17-28)29-7-5-6-25(18-29)19-37-45(40,41)30-8-3-2-4-9-30/h2-18,22-23,31-33,37,39H,19-21H2,1H3,(H,35,36,38). The number of benzene rings is 4. The van der Waals surface area contributed by atoms with Crippen molar-refractivity contribution in [2.75, 3.05) is 5.75 Å². The lowest BCUT2D eigenvalue weighted by Gasteiger charge is -2.41. The van der Waals surface area contributed by atoms with Crippen LogP contribution in [0.1, 0.15) is 41.6 Å². The fourth-order valence-electron chi connectivity index (χ4n) is 5.29. The lowest BCUT2D eigenvalue weighted by atomic mass is 9.91. The Morgan fingerprint density at radius 1 is 0.867 bits per heavy atom. The Morgan fingerprint density at radius 2 is 1.62 bits per heavy atom. The molecule has 6 rings (SSSR count). The number of nitrogens with zero attached hydrogens (tertiary/aromatic N) is 2. The van der Waals surface area contributed by atoms with Crippen molar-refractivity contribution in [3.63, 3.8) is 0 Å². The van der Waals surface area contributed by atoms with E-state index in [1.807, 2.05) is 72.8 Å². The molecule has 0 aliphatic carbocycles. The molecular formula is C34H34N4O5S2. The van der Waals surface area contributed by atoms with Gasteiger partial charge in [-0.25, -0.2) is 18.1 Å². The highest BCUT2D eigenvalue weighted by Gasteiger charge is 2.38. The van der Waals surface area contributed by atoms with Gasteiger partial charge in [-0.05, 0) is 46.0 Å². The molecule has 1 aliphatic heterocycles. The molecule has 0 bridgehead atoms. The van der Waals surface area contributed by atoms with E-state index in [1.165, 1.54) is 6.33 Å². The van der Waals surface area contributed by atoms with Gasteiger partial charge in [0.15, 0.2) is 11.4 Å². The van der Waals surface area contributed by atoms with Gasteiger partial charge in [-0.3, -0.25) is 5.10 Å². The summed E-state index contributed by atoms with van der Waals surface area (Å²) in [6.07, 6.45) is 0.563. The average molecular weight is 643 g/mol. The van der Waals surface area contributed by atoms with E-state index >= 15 is 0 Å². The van der Waals surface area contributed by atoms with Crippen LogP contribution in [0.2, 0.25) is 0 Å². The van der Waals surface area contributed by atoms with Gasteiger partial charge >= 0.3 is 0 Å². The van der Waals surface area contributed by atoms with Crippen molar-refractivity contribution in [1.82, 2.24) is 19.9 Å². The molecule has 1 saturated heterocycles. The minimum atomic E-state index is -3.61. The number of hydrogen-bond donors (Lipinski definition) is 3. The van der Waals surface area contributed by atoms with E-state index in [-0.39, 0.29) is 36.2 Å². The maximum absolute atomic E-state index is 12.7. The van der Waals surface area contributed by atoms with Crippen molar-refractivity contribution < 1.29 is 23.0 Å². The van der Waals surface area contributed by atoms with E-state index in [2.05, 4.69) is 26.8 Å². The average Bonchev–Trinajstić information content (AvgIpc) is 3.62. The first-order chi connectivity index (χ1) is 21.9. The fraction of sp³-hybridized carbons (Fsp3) is 0.235. The van der Waals surface area contributed by atoms with Crippen molar-refractivity contribution in [3.8, 4) is 11.1 Å². The molecule has 1 aromatic heterocycles. The van der Waals surface area contributed by atoms with Gasteiger partial charge in [0.1, 0.15) is 6.33 Å². The molecule has 45 heavy (non-hydrogen) atoms. The molecule has 2 heterocycles. The minimum absolute atomic E-state index is 0.0118. The van der Waals surface area contributed by atoms with Crippen LogP contribution in [0.3, 0.4) is 0 Å². The summed E-state index contributed by atoms with van der Waals surface area (Å²) in [5.41, 5.74) is 5.58. The number of aliphatic hydroxyl groups excluding tert-OH is 1. The number of aromatic nitrogens is 3. The molecule has 3 N–H and O–H groups in total. The Morgan fingerprint density at radius 3 is 2.33 bits per heavy atom. The summed E-state index contributed by atoms with van der Waals surface area (Å²) >= 11 is 1.56. The predicted octanol–water partition coefficient (Wildman–Crippen LogP) is 6.03. The van der Waals surface area contributed by atoms with Gasteiger partial charge in [0, 0.05) is 23.8 Å². The second-order valence-electron chi connectivity index (χ2n) is 10.9. The number of nitrogens with one attached hydrogen (secondary N) is 2. The molecule has 11 heteroatoms. The van der Waals surface area contributed by atoms with E-state index in [4.69, 9.17) is 9.47 Å². The minimum Gasteiger partial charge on any atom is -0.392 e. The van der Waals surface area contributed by atoms with Crippen LogP contribution >= 0.6 is 11.8 Å². The van der Waals surface area contributed by atoms with Crippen molar-refractivity contribution >= 4 is 21.8 Å². The summed E-state index contributed by atoms with van der Waals surface area (Å²) in [6, 6.07) is 32.1. The lowest BCUT2D eigenvalue weighted by Crippen LogP contribution is -2.38. The number of aromatic amines is 1. The maximum Gasteiger partial charge on any atom is 0.240 e. The third kappa shape index (κ3) is 7.52. The van der Waals surface area contributed by atoms with Gasteiger partial charge in [0.25, 0.3) is 0 Å². The second kappa shape index (κ2) is 14.1. The van der Waals surface area contributed by atoms with Gasteiger partial charge in [0.05, 0.1) is 23.7 Å². The molecule has 5 aromatic rings. The van der Waals surface area contributed by atoms with Crippen LogP contribution in [-0.4, -0.2) is 40.6 Å². The van der Waals surface area contributed by atoms with Crippen LogP contribution < -0.4 is 4.72 Å². The molecule has 0 saturated carbocycles. The van der Waals surface area contributed by atoms with Gasteiger partial charge in [-0.1, -0.05) is 104 Å². The van der Waals surface area contributed by atoms with Gasteiger partial charge in [0.2, 0.25) is 10.0 Å². The zero-order chi connectivity index (χ0) is 31.2. The quantitative estimate of drug-likeness (QED) is 0.149. The molecule has 4 aromatic carbocycles. The van der Waals surface area contributed by atoms with Crippen LogP contribution in [0.25, 0.3) is 11.1 Å². The SMILES string of the molecule is CC1C(CSc2ncn[nH]2)OC(c2ccc(-c3cccc(CNS(=O)(=O)c4ccccc4)c3)cc2)OC1c1ccc(CO)cc1. The highest BCUT2D eigenvalue weighted by Crippen LogP contribution is 2.43. The number of aliphatic hydroxyl groups is 1. The highest BCUT2D eigenvalue weighted by molar-refractivity contribution is 7.99. The predicted molar refractivity (Wildman–Crippen MR) is 172 cm³/mol. The first-order valence-electron chi connectivity index (χ1n) is 14.6. The topological polar surface area (TPSA) is 126 Å². The molecule has 4 unspecified atom stereocenters. The van der Waals surface area contributed by atoms with E-state index in [1.54, 1.807) is 42.1 Å². The molecule has 232 valence electrons. The monoisotopic (exact) mass is 642 g/mol. The zero-order valence-corrected chi connectivity index (χ0v) is 26.2. The summed E-state index contributed by atoms with van der Waals surface area (Å²) in [5, 5.41) is 17.1. The molecule has 1 aliphatic rings. The Labute approximate surface area is 267 Å². The van der Waals surface area contributed by atoms with Gasteiger partial charge in [-0.2, -0.15) is 5.10 Å². The summed E-state index contributed by atoms with van der Waals surface area (Å²) < 4.78 is 41.2.